The molecule has 8 heteroatoms. The van der Waals surface area contributed by atoms with Crippen molar-refractivity contribution in [2.24, 2.45) is 0 Å². The fourth-order valence-corrected chi connectivity index (χ4v) is 3.45. The van der Waals surface area contributed by atoms with Gasteiger partial charge in [-0.05, 0) is 23.6 Å². The number of hydrogen-bond donors (Lipinski definition) is 2. The number of nitrogens with zero attached hydrogens (tertiary/aromatic N) is 3. The average molecular weight is 361 g/mol. The molecule has 0 amide bonds. The number of nitrogens with one attached hydrogen (secondary N) is 2. The van der Waals surface area contributed by atoms with Crippen molar-refractivity contribution in [2.75, 3.05) is 18.4 Å². The molecule has 0 saturated carbocycles. The first kappa shape index (κ1) is 16.8. The van der Waals surface area contributed by atoms with Gasteiger partial charge in [0, 0.05) is 49.5 Å². The minimum atomic E-state index is -4.16. The summed E-state index contributed by atoms with van der Waals surface area (Å²) in [5, 5.41) is 3.40. The SMILES string of the molecule is FC(F)(F)CN1CCc2c(cccc2NCc2c[nH]c3nccnc23)C1. The summed E-state index contributed by atoms with van der Waals surface area (Å²) >= 11 is 0. The molecular weight excluding hydrogens is 343 g/mol. The van der Waals surface area contributed by atoms with Crippen LogP contribution in [0.25, 0.3) is 11.2 Å². The molecule has 26 heavy (non-hydrogen) atoms. The van der Waals surface area contributed by atoms with E-state index < -0.39 is 12.7 Å². The number of aromatic amines is 1. The normalized spacial score (nSPS) is 15.2. The van der Waals surface area contributed by atoms with Crippen LogP contribution in [0.15, 0.2) is 36.8 Å². The van der Waals surface area contributed by atoms with E-state index in [4.69, 9.17) is 0 Å². The van der Waals surface area contributed by atoms with Gasteiger partial charge in [0.1, 0.15) is 5.52 Å². The Bertz CT molecular complexity index is 919. The third kappa shape index (κ3) is 3.50. The lowest BCUT2D eigenvalue weighted by Gasteiger charge is -2.30. The zero-order chi connectivity index (χ0) is 18.1. The largest absolute Gasteiger partial charge is 0.401 e. The van der Waals surface area contributed by atoms with E-state index in [0.29, 0.717) is 26.1 Å². The molecule has 1 aliphatic heterocycles. The Morgan fingerprint density at radius 1 is 1.19 bits per heavy atom. The van der Waals surface area contributed by atoms with E-state index in [1.807, 2.05) is 24.4 Å². The average Bonchev–Trinajstić information content (AvgIpc) is 3.01. The first-order chi connectivity index (χ1) is 12.5. The third-order valence-electron chi connectivity index (χ3n) is 4.60. The summed E-state index contributed by atoms with van der Waals surface area (Å²) in [5.41, 5.74) is 5.57. The first-order valence-electron chi connectivity index (χ1n) is 8.40. The van der Waals surface area contributed by atoms with Crippen molar-refractivity contribution in [3.63, 3.8) is 0 Å². The maximum Gasteiger partial charge on any atom is 0.401 e. The van der Waals surface area contributed by atoms with Gasteiger partial charge in [0.2, 0.25) is 0 Å². The minimum absolute atomic E-state index is 0.322. The number of rotatable bonds is 4. The second-order valence-electron chi connectivity index (χ2n) is 6.44. The molecule has 0 unspecified atom stereocenters. The molecule has 2 N–H and O–H groups in total. The molecule has 4 rings (SSSR count). The number of halogens is 3. The van der Waals surface area contributed by atoms with Gasteiger partial charge in [0.05, 0.1) is 6.54 Å². The van der Waals surface area contributed by atoms with Crippen molar-refractivity contribution in [1.29, 1.82) is 0 Å². The van der Waals surface area contributed by atoms with Crippen LogP contribution < -0.4 is 5.32 Å². The molecule has 0 aliphatic carbocycles. The van der Waals surface area contributed by atoms with Crippen LogP contribution >= 0.6 is 0 Å². The number of aromatic nitrogens is 3. The number of anilines is 1. The fourth-order valence-electron chi connectivity index (χ4n) is 3.45. The molecule has 3 aromatic rings. The maximum absolute atomic E-state index is 12.6. The highest BCUT2D eigenvalue weighted by atomic mass is 19.4. The number of hydrogen-bond acceptors (Lipinski definition) is 4. The Morgan fingerprint density at radius 2 is 2.04 bits per heavy atom. The molecule has 136 valence electrons. The van der Waals surface area contributed by atoms with Crippen LogP contribution in [0.5, 0.6) is 0 Å². The monoisotopic (exact) mass is 361 g/mol. The van der Waals surface area contributed by atoms with Crippen molar-refractivity contribution in [1.82, 2.24) is 19.9 Å². The van der Waals surface area contributed by atoms with Gasteiger partial charge in [-0.2, -0.15) is 13.2 Å². The number of alkyl halides is 3. The highest BCUT2D eigenvalue weighted by Gasteiger charge is 2.32. The summed E-state index contributed by atoms with van der Waals surface area (Å²) in [4.78, 5) is 13.1. The van der Waals surface area contributed by atoms with Gasteiger partial charge in [0.25, 0.3) is 0 Å². The van der Waals surface area contributed by atoms with Crippen molar-refractivity contribution in [3.8, 4) is 0 Å². The summed E-state index contributed by atoms with van der Waals surface area (Å²) in [6.45, 7) is 0.437. The van der Waals surface area contributed by atoms with E-state index in [2.05, 4.69) is 20.3 Å². The van der Waals surface area contributed by atoms with Crippen molar-refractivity contribution < 1.29 is 13.2 Å². The predicted octanol–water partition coefficient (Wildman–Crippen LogP) is 3.49. The Kier molecular flexibility index (Phi) is 4.28. The molecule has 0 spiro atoms. The molecule has 0 bridgehead atoms. The lowest BCUT2D eigenvalue weighted by Crippen LogP contribution is -2.38. The molecule has 1 aliphatic rings. The molecule has 0 fully saturated rings. The van der Waals surface area contributed by atoms with Gasteiger partial charge in [-0.15, -0.1) is 0 Å². The quantitative estimate of drug-likeness (QED) is 0.747. The number of fused-ring (bicyclic) bond motifs is 2. The molecule has 0 saturated heterocycles. The molecule has 3 heterocycles. The Hall–Kier alpha value is -2.61. The van der Waals surface area contributed by atoms with Gasteiger partial charge in [-0.3, -0.25) is 9.88 Å². The fraction of sp³-hybridized carbons (Fsp3) is 0.333. The highest BCUT2D eigenvalue weighted by molar-refractivity contribution is 5.75. The summed E-state index contributed by atoms with van der Waals surface area (Å²) < 4.78 is 37.9. The van der Waals surface area contributed by atoms with Crippen molar-refractivity contribution >= 4 is 16.9 Å². The van der Waals surface area contributed by atoms with E-state index in [1.165, 1.54) is 4.90 Å². The van der Waals surface area contributed by atoms with Crippen LogP contribution in [-0.4, -0.2) is 39.1 Å². The van der Waals surface area contributed by atoms with Crippen LogP contribution in [0.4, 0.5) is 18.9 Å². The van der Waals surface area contributed by atoms with Gasteiger partial charge in [-0.25, -0.2) is 4.98 Å². The lowest BCUT2D eigenvalue weighted by atomic mass is 9.97. The summed E-state index contributed by atoms with van der Waals surface area (Å²) in [6, 6.07) is 5.76. The summed E-state index contributed by atoms with van der Waals surface area (Å²) in [5.74, 6) is 0. The molecule has 1 aromatic carbocycles. The van der Waals surface area contributed by atoms with Crippen LogP contribution in [0.2, 0.25) is 0 Å². The summed E-state index contributed by atoms with van der Waals surface area (Å²) in [6.07, 6.45) is 1.60. The van der Waals surface area contributed by atoms with E-state index in [-0.39, 0.29) is 0 Å². The van der Waals surface area contributed by atoms with Crippen LogP contribution in [0, 0.1) is 0 Å². The number of H-pyrrole nitrogens is 1. The third-order valence-corrected chi connectivity index (χ3v) is 4.60. The molecule has 2 aromatic heterocycles. The smallest absolute Gasteiger partial charge is 0.381 e. The van der Waals surface area contributed by atoms with Crippen LogP contribution in [0.1, 0.15) is 16.7 Å². The Balaban J connectivity index is 1.50. The second kappa shape index (κ2) is 6.60. The van der Waals surface area contributed by atoms with Gasteiger partial charge >= 0.3 is 6.18 Å². The second-order valence-corrected chi connectivity index (χ2v) is 6.44. The zero-order valence-electron chi connectivity index (χ0n) is 14.0. The van der Waals surface area contributed by atoms with E-state index in [1.54, 1.807) is 12.4 Å². The first-order valence-corrected chi connectivity index (χ1v) is 8.40. The molecular formula is C18H18F3N5. The Labute approximate surface area is 148 Å². The van der Waals surface area contributed by atoms with Gasteiger partial charge < -0.3 is 10.3 Å². The van der Waals surface area contributed by atoms with Crippen LogP contribution in [-0.2, 0) is 19.5 Å². The lowest BCUT2D eigenvalue weighted by molar-refractivity contribution is -0.147. The van der Waals surface area contributed by atoms with E-state index in [0.717, 1.165) is 33.5 Å². The van der Waals surface area contributed by atoms with Gasteiger partial charge in [0.15, 0.2) is 5.65 Å². The molecule has 0 radical (unpaired) electrons. The highest BCUT2D eigenvalue weighted by Crippen LogP contribution is 2.29. The molecule has 0 atom stereocenters. The Morgan fingerprint density at radius 3 is 2.88 bits per heavy atom. The maximum atomic E-state index is 12.6. The number of benzene rings is 1. The minimum Gasteiger partial charge on any atom is -0.381 e. The molecule has 5 nitrogen and oxygen atoms in total. The zero-order valence-corrected chi connectivity index (χ0v) is 14.0. The van der Waals surface area contributed by atoms with Gasteiger partial charge in [-0.1, -0.05) is 12.1 Å². The topological polar surface area (TPSA) is 56.8 Å². The predicted molar refractivity (Wildman–Crippen MR) is 92.7 cm³/mol. The van der Waals surface area contributed by atoms with E-state index in [9.17, 15) is 13.2 Å². The van der Waals surface area contributed by atoms with Crippen LogP contribution in [0.3, 0.4) is 0 Å². The van der Waals surface area contributed by atoms with Crippen molar-refractivity contribution in [3.05, 3.63) is 53.5 Å². The van der Waals surface area contributed by atoms with E-state index >= 15 is 0 Å². The standard InChI is InChI=1S/C18H18F3N5/c19-18(20,21)11-26-7-4-14-12(10-26)2-1-3-15(14)24-8-13-9-25-17-16(13)22-5-6-23-17/h1-3,5-6,9,24H,4,7-8,10-11H2,(H,23,25). The van der Waals surface area contributed by atoms with Crippen molar-refractivity contribution in [2.45, 2.75) is 25.7 Å². The summed E-state index contributed by atoms with van der Waals surface area (Å²) in [7, 11) is 0.